The second-order valence-corrected chi connectivity index (χ2v) is 12.8. The maximum absolute atomic E-state index is 11.4. The van der Waals surface area contributed by atoms with Gasteiger partial charge < -0.3 is 19.9 Å². The lowest BCUT2D eigenvalue weighted by molar-refractivity contribution is -0.137. The first-order valence-corrected chi connectivity index (χ1v) is 15.9. The van der Waals surface area contributed by atoms with Gasteiger partial charge in [-0.15, -0.1) is 11.3 Å². The molecule has 0 spiro atoms. The van der Waals surface area contributed by atoms with Gasteiger partial charge in [0.15, 0.2) is 0 Å². The summed E-state index contributed by atoms with van der Waals surface area (Å²) in [7, 11) is 3.19. The number of thiazole rings is 1. The lowest BCUT2D eigenvalue weighted by atomic mass is 9.88. The monoisotopic (exact) mass is 617 g/mol. The average molecular weight is 618 g/mol. The molecule has 9 nitrogen and oxygen atoms in total. The molecule has 4 aromatic heterocycles. The third kappa shape index (κ3) is 9.74. The number of carboxylic acids is 1. The van der Waals surface area contributed by atoms with Crippen molar-refractivity contribution in [2.75, 3.05) is 26.1 Å². The van der Waals surface area contributed by atoms with Crippen LogP contribution < -0.4 is 14.8 Å². The number of anilines is 1. The number of aryl methyl sites for hydroxylation is 3. The summed E-state index contributed by atoms with van der Waals surface area (Å²) in [4.78, 5) is 29.3. The van der Waals surface area contributed by atoms with E-state index in [-0.39, 0.29) is 17.8 Å². The van der Waals surface area contributed by atoms with Gasteiger partial charge in [-0.2, -0.15) is 0 Å². The number of nitrogens with zero attached hydrogens (tertiary/aromatic N) is 4. The van der Waals surface area contributed by atoms with Crippen molar-refractivity contribution >= 4 is 23.1 Å². The Kier molecular flexibility index (Phi) is 11.7. The first-order chi connectivity index (χ1) is 21.1. The number of methoxy groups -OCH3 is 2. The predicted molar refractivity (Wildman–Crippen MR) is 174 cm³/mol. The summed E-state index contributed by atoms with van der Waals surface area (Å²) in [6.07, 6.45) is 9.25. The fourth-order valence-electron chi connectivity index (χ4n) is 4.96. The van der Waals surface area contributed by atoms with E-state index < -0.39 is 5.97 Å². The topological polar surface area (TPSA) is 119 Å². The lowest BCUT2D eigenvalue weighted by Gasteiger charge is -2.18. The highest BCUT2D eigenvalue weighted by Crippen LogP contribution is 2.27. The van der Waals surface area contributed by atoms with Gasteiger partial charge in [0.1, 0.15) is 5.82 Å². The summed E-state index contributed by atoms with van der Waals surface area (Å²) >= 11 is 1.64. The molecule has 0 radical (unpaired) electrons. The largest absolute Gasteiger partial charge is 0.481 e. The van der Waals surface area contributed by atoms with Gasteiger partial charge in [-0.1, -0.05) is 39.0 Å². The number of rotatable bonds is 11. The highest BCUT2D eigenvalue weighted by atomic mass is 32.1. The molecule has 44 heavy (non-hydrogen) atoms. The number of carbonyl (C=O) groups is 1. The molecule has 5 rings (SSSR count). The fourth-order valence-corrected chi connectivity index (χ4v) is 5.81. The van der Waals surface area contributed by atoms with Crippen LogP contribution in [-0.2, 0) is 35.9 Å². The molecule has 234 valence electrons. The SMILES string of the molecule is COc1ccc(C(C)(C)C)cn1.COc1ccc(C(CC(=O)O)Cc2csc(CCCc3ccc4c(n3)NCCC4)n2)cn1. The van der Waals surface area contributed by atoms with Crippen LogP contribution in [0.4, 0.5) is 5.82 Å². The molecule has 0 saturated carbocycles. The third-order valence-corrected chi connectivity index (χ3v) is 8.46. The van der Waals surface area contributed by atoms with Crippen molar-refractivity contribution in [3.63, 3.8) is 0 Å². The third-order valence-electron chi connectivity index (χ3n) is 7.50. The van der Waals surface area contributed by atoms with Crippen LogP contribution >= 0.6 is 11.3 Å². The molecule has 1 aliphatic heterocycles. The normalized spacial score (nSPS) is 13.1. The maximum atomic E-state index is 11.4. The number of hydrogen-bond acceptors (Lipinski definition) is 9. The number of aliphatic carboxylic acids is 1. The van der Waals surface area contributed by atoms with Crippen molar-refractivity contribution in [1.29, 1.82) is 0 Å². The highest BCUT2D eigenvalue weighted by Gasteiger charge is 2.19. The molecular formula is C34H43N5O4S. The van der Waals surface area contributed by atoms with Gasteiger partial charge in [0.05, 0.1) is 31.3 Å². The van der Waals surface area contributed by atoms with Gasteiger partial charge in [-0.05, 0) is 66.7 Å². The Morgan fingerprint density at radius 2 is 1.73 bits per heavy atom. The zero-order valence-electron chi connectivity index (χ0n) is 26.3. The van der Waals surface area contributed by atoms with Crippen molar-refractivity contribution in [2.24, 2.45) is 0 Å². The van der Waals surface area contributed by atoms with Crippen LogP contribution in [0.2, 0.25) is 0 Å². The Morgan fingerprint density at radius 1 is 0.977 bits per heavy atom. The predicted octanol–water partition coefficient (Wildman–Crippen LogP) is 6.66. The molecule has 5 heterocycles. The van der Waals surface area contributed by atoms with E-state index in [9.17, 15) is 9.90 Å². The van der Waals surface area contributed by atoms with E-state index in [1.807, 2.05) is 29.8 Å². The number of pyridine rings is 3. The second-order valence-electron chi connectivity index (χ2n) is 11.9. The van der Waals surface area contributed by atoms with Crippen LogP contribution in [0, 0.1) is 0 Å². The molecule has 0 fully saturated rings. The molecule has 1 atom stereocenters. The van der Waals surface area contributed by atoms with Gasteiger partial charge in [0.2, 0.25) is 11.8 Å². The molecule has 1 aliphatic rings. The molecule has 0 bridgehead atoms. The van der Waals surface area contributed by atoms with Gasteiger partial charge in [0, 0.05) is 48.1 Å². The van der Waals surface area contributed by atoms with E-state index in [0.29, 0.717) is 18.2 Å². The van der Waals surface area contributed by atoms with Gasteiger partial charge >= 0.3 is 5.97 Å². The smallest absolute Gasteiger partial charge is 0.303 e. The van der Waals surface area contributed by atoms with E-state index in [2.05, 4.69) is 48.2 Å². The van der Waals surface area contributed by atoms with Gasteiger partial charge in [-0.3, -0.25) is 4.79 Å². The molecule has 0 aliphatic carbocycles. The molecule has 4 aromatic rings. The average Bonchev–Trinajstić information content (AvgIpc) is 3.47. The molecule has 10 heteroatoms. The van der Waals surface area contributed by atoms with E-state index in [1.54, 1.807) is 37.8 Å². The molecule has 1 unspecified atom stereocenters. The molecule has 2 N–H and O–H groups in total. The summed E-state index contributed by atoms with van der Waals surface area (Å²) in [5.41, 5.74) is 5.64. The van der Waals surface area contributed by atoms with Crippen molar-refractivity contribution in [1.82, 2.24) is 19.9 Å². The van der Waals surface area contributed by atoms with Crippen LogP contribution in [0.1, 0.15) is 79.0 Å². The first-order valence-electron chi connectivity index (χ1n) is 15.0. The fraction of sp³-hybridized carbons (Fsp3) is 0.441. The number of ether oxygens (including phenoxy) is 2. The number of hydrogen-bond donors (Lipinski definition) is 2. The molecule has 0 amide bonds. The number of fused-ring (bicyclic) bond motifs is 1. The summed E-state index contributed by atoms with van der Waals surface area (Å²) in [6, 6.07) is 11.9. The van der Waals surface area contributed by atoms with Crippen molar-refractivity contribution < 1.29 is 19.4 Å². The van der Waals surface area contributed by atoms with Crippen LogP contribution in [0.3, 0.4) is 0 Å². The Hall–Kier alpha value is -4.05. The summed E-state index contributed by atoms with van der Waals surface area (Å²) in [5, 5.41) is 15.9. The Morgan fingerprint density at radius 3 is 2.36 bits per heavy atom. The number of nitrogens with one attached hydrogen (secondary N) is 1. The summed E-state index contributed by atoms with van der Waals surface area (Å²) < 4.78 is 10.1. The lowest BCUT2D eigenvalue weighted by Crippen LogP contribution is -2.14. The minimum atomic E-state index is -0.826. The van der Waals surface area contributed by atoms with Crippen LogP contribution in [0.5, 0.6) is 11.8 Å². The van der Waals surface area contributed by atoms with Crippen molar-refractivity contribution in [2.45, 2.75) is 77.0 Å². The van der Waals surface area contributed by atoms with Gasteiger partial charge in [0.25, 0.3) is 0 Å². The van der Waals surface area contributed by atoms with Crippen molar-refractivity contribution in [3.8, 4) is 11.8 Å². The maximum Gasteiger partial charge on any atom is 0.303 e. The Balaban J connectivity index is 0.000000309. The van der Waals surface area contributed by atoms with E-state index >= 15 is 0 Å². The zero-order chi connectivity index (χ0) is 31.5. The quantitative estimate of drug-likeness (QED) is 0.190. The summed E-state index contributed by atoms with van der Waals surface area (Å²) in [6.45, 7) is 7.49. The summed E-state index contributed by atoms with van der Waals surface area (Å²) in [5.74, 6) is 1.23. The molecule has 0 aromatic carbocycles. The van der Waals surface area contributed by atoms with Crippen LogP contribution in [-0.4, -0.2) is 51.8 Å². The standard InChI is InChI=1S/C24H28N4O3S.C10H15NO/c1-31-21-10-8-17(14-26-21)18(13-23(29)30)12-20-15-32-22(27-20)6-2-5-19-9-7-16-4-3-11-25-24(16)28-19;1-10(2,3)8-5-6-9(12-4)11-7-8/h7-10,14-15,18H,2-6,11-13H2,1H3,(H,25,28)(H,29,30);5-7H,1-4H3. The van der Waals surface area contributed by atoms with Gasteiger partial charge in [-0.25, -0.2) is 19.9 Å². The van der Waals surface area contributed by atoms with Crippen LogP contribution in [0.25, 0.3) is 0 Å². The zero-order valence-corrected chi connectivity index (χ0v) is 27.1. The second kappa shape index (κ2) is 15.6. The minimum Gasteiger partial charge on any atom is -0.481 e. The Labute approximate surface area is 264 Å². The highest BCUT2D eigenvalue weighted by molar-refractivity contribution is 7.09. The minimum absolute atomic E-state index is 0.0406. The number of carboxylic acid groups (broad SMARTS) is 1. The first kappa shape index (κ1) is 32.9. The van der Waals surface area contributed by atoms with E-state index in [0.717, 1.165) is 60.0 Å². The Bertz CT molecular complexity index is 1480. The molecular weight excluding hydrogens is 574 g/mol. The molecule has 0 saturated heterocycles. The van der Waals surface area contributed by atoms with E-state index in [4.69, 9.17) is 19.4 Å². The van der Waals surface area contributed by atoms with E-state index in [1.165, 1.54) is 17.5 Å². The number of aromatic nitrogens is 4. The van der Waals surface area contributed by atoms with Crippen LogP contribution in [0.15, 0.2) is 54.2 Å². The van der Waals surface area contributed by atoms with Crippen molar-refractivity contribution in [3.05, 3.63) is 87.3 Å².